The van der Waals surface area contributed by atoms with E-state index in [-0.39, 0.29) is 17.2 Å². The average Bonchev–Trinajstić information content (AvgIpc) is 2.73. The van der Waals surface area contributed by atoms with E-state index in [1.807, 2.05) is 12.1 Å². The van der Waals surface area contributed by atoms with Crippen LogP contribution in [0.15, 0.2) is 39.5 Å². The minimum atomic E-state index is -1.66. The molecule has 0 spiro atoms. The van der Waals surface area contributed by atoms with Gasteiger partial charge in [-0.3, -0.25) is 0 Å². The molecule has 0 amide bonds. The number of allylic oxidation sites excluding steroid dienone is 4. The summed E-state index contributed by atoms with van der Waals surface area (Å²) in [5, 5.41) is 29.9. The van der Waals surface area contributed by atoms with Gasteiger partial charge in [0.2, 0.25) is 0 Å². The van der Waals surface area contributed by atoms with Crippen molar-refractivity contribution in [3.8, 4) is 29.7 Å². The van der Waals surface area contributed by atoms with Crippen LogP contribution in [0.5, 0.6) is 11.5 Å². The molecule has 6 nitrogen and oxygen atoms in total. The molecule has 2 aliphatic rings. The third kappa shape index (κ3) is 2.73. The fourth-order valence-electron chi connectivity index (χ4n) is 4.34. The van der Waals surface area contributed by atoms with Gasteiger partial charge in [-0.25, -0.2) is 0 Å². The van der Waals surface area contributed by atoms with E-state index in [1.165, 1.54) is 7.11 Å². The molecule has 0 saturated heterocycles. The van der Waals surface area contributed by atoms with Crippen molar-refractivity contribution in [1.82, 2.24) is 0 Å². The largest absolute Gasteiger partial charge is 0.496 e. The van der Waals surface area contributed by atoms with Gasteiger partial charge in [0.25, 0.3) is 0 Å². The predicted octanol–water partition coefficient (Wildman–Crippen LogP) is 4.06. The molecule has 1 aromatic rings. The molecule has 0 aromatic heterocycles. The Morgan fingerprint density at radius 3 is 2.39 bits per heavy atom. The highest BCUT2D eigenvalue weighted by atomic mass is 79.9. The summed E-state index contributed by atoms with van der Waals surface area (Å²) in [6.45, 7) is 0. The van der Waals surface area contributed by atoms with Crippen LogP contribution in [0.2, 0.25) is 0 Å². The third-order valence-electron chi connectivity index (χ3n) is 5.64. The van der Waals surface area contributed by atoms with Crippen molar-refractivity contribution in [3.63, 3.8) is 0 Å². The van der Waals surface area contributed by atoms with Gasteiger partial charge >= 0.3 is 0 Å². The lowest BCUT2D eigenvalue weighted by Gasteiger charge is -2.43. The summed E-state index contributed by atoms with van der Waals surface area (Å²) < 4.78 is 11.6. The smallest absolute Gasteiger partial charge is 0.191 e. The molecule has 7 heteroatoms. The fourth-order valence-corrected chi connectivity index (χ4v) is 4.87. The number of hydrogen-bond acceptors (Lipinski definition) is 6. The SMILES string of the molecule is COc1cc(OC)c(C2C3CCCC=C3C(C#N)=C(N)C2(C#N)C#N)cc1Br. The van der Waals surface area contributed by atoms with Crippen LogP contribution in [-0.2, 0) is 0 Å². The standard InChI is InChI=1S/C21H19BrN4O2/c1-27-17-8-18(28-2)16(22)7-14(17)19-13-6-4-3-5-12(13)15(9-23)20(26)21(19,10-24)11-25/h5,7-8,13,19H,3-4,6,26H2,1-2H3. The molecule has 1 aromatic carbocycles. The van der Waals surface area contributed by atoms with Crippen molar-refractivity contribution in [1.29, 1.82) is 15.8 Å². The molecule has 0 heterocycles. The van der Waals surface area contributed by atoms with Crippen molar-refractivity contribution < 1.29 is 9.47 Å². The van der Waals surface area contributed by atoms with Gasteiger partial charge in [0.15, 0.2) is 5.41 Å². The second kappa shape index (κ2) is 7.58. The number of benzene rings is 1. The van der Waals surface area contributed by atoms with Crippen LogP contribution in [0, 0.1) is 45.3 Å². The molecule has 2 unspecified atom stereocenters. The molecule has 0 bridgehead atoms. The third-order valence-corrected chi connectivity index (χ3v) is 6.26. The topological polar surface area (TPSA) is 116 Å². The molecule has 0 radical (unpaired) electrons. The number of halogens is 1. The molecule has 2 aliphatic carbocycles. The van der Waals surface area contributed by atoms with Gasteiger partial charge in [-0.1, -0.05) is 6.08 Å². The van der Waals surface area contributed by atoms with E-state index in [0.29, 0.717) is 21.5 Å². The number of nitriles is 3. The number of fused-ring (bicyclic) bond motifs is 1. The fraction of sp³-hybridized carbons (Fsp3) is 0.381. The van der Waals surface area contributed by atoms with Crippen LogP contribution in [-0.4, -0.2) is 14.2 Å². The summed E-state index contributed by atoms with van der Waals surface area (Å²) >= 11 is 3.49. The molecular weight excluding hydrogens is 420 g/mol. The molecule has 28 heavy (non-hydrogen) atoms. The second-order valence-electron chi connectivity index (χ2n) is 6.84. The first kappa shape index (κ1) is 19.8. The Bertz CT molecular complexity index is 993. The number of nitrogens with zero attached hydrogens (tertiary/aromatic N) is 3. The van der Waals surface area contributed by atoms with Gasteiger partial charge in [0.1, 0.15) is 17.6 Å². The molecule has 2 N–H and O–H groups in total. The molecule has 0 aliphatic heterocycles. The van der Waals surface area contributed by atoms with Crippen LogP contribution >= 0.6 is 15.9 Å². The van der Waals surface area contributed by atoms with Crippen LogP contribution < -0.4 is 15.2 Å². The van der Waals surface area contributed by atoms with Crippen LogP contribution in [0.1, 0.15) is 30.7 Å². The summed E-state index contributed by atoms with van der Waals surface area (Å²) in [7, 11) is 3.09. The lowest BCUT2D eigenvalue weighted by molar-refractivity contribution is 0.304. The number of nitrogens with two attached hydrogens (primary N) is 1. The van der Waals surface area contributed by atoms with Gasteiger partial charge in [0, 0.05) is 17.5 Å². The highest BCUT2D eigenvalue weighted by Gasteiger charge is 2.54. The number of methoxy groups -OCH3 is 2. The zero-order chi connectivity index (χ0) is 20.5. The molecular formula is C21H19BrN4O2. The average molecular weight is 439 g/mol. The Labute approximate surface area is 172 Å². The summed E-state index contributed by atoms with van der Waals surface area (Å²) in [6.07, 6.45) is 4.52. The first-order valence-corrected chi connectivity index (χ1v) is 9.63. The van der Waals surface area contributed by atoms with Crippen molar-refractivity contribution >= 4 is 15.9 Å². The number of rotatable bonds is 3. The van der Waals surface area contributed by atoms with E-state index in [0.717, 1.165) is 24.8 Å². The van der Waals surface area contributed by atoms with E-state index in [9.17, 15) is 15.8 Å². The first-order valence-electron chi connectivity index (χ1n) is 8.83. The maximum atomic E-state index is 10.1. The Morgan fingerprint density at radius 1 is 1.14 bits per heavy atom. The van der Waals surface area contributed by atoms with Crippen molar-refractivity contribution in [2.24, 2.45) is 17.1 Å². The normalized spacial score (nSPS) is 22.8. The Morgan fingerprint density at radius 2 is 1.82 bits per heavy atom. The van der Waals surface area contributed by atoms with Gasteiger partial charge < -0.3 is 15.2 Å². The van der Waals surface area contributed by atoms with Crippen molar-refractivity contribution in [2.75, 3.05) is 14.2 Å². The Kier molecular flexibility index (Phi) is 5.36. The summed E-state index contributed by atoms with van der Waals surface area (Å²) in [5.41, 5.74) is 6.44. The number of ether oxygens (including phenoxy) is 2. The number of hydrogen-bond donors (Lipinski definition) is 1. The Balaban J connectivity index is 2.38. The predicted molar refractivity (Wildman–Crippen MR) is 106 cm³/mol. The molecule has 0 saturated carbocycles. The van der Waals surface area contributed by atoms with Gasteiger partial charge in [-0.2, -0.15) is 15.8 Å². The van der Waals surface area contributed by atoms with Gasteiger partial charge in [-0.15, -0.1) is 0 Å². The van der Waals surface area contributed by atoms with Gasteiger partial charge in [0.05, 0.1) is 42.1 Å². The minimum Gasteiger partial charge on any atom is -0.496 e. The Hall–Kier alpha value is -2.95. The summed E-state index contributed by atoms with van der Waals surface area (Å²) in [4.78, 5) is 0. The molecule has 3 rings (SSSR count). The zero-order valence-corrected chi connectivity index (χ0v) is 17.2. The highest BCUT2D eigenvalue weighted by Crippen LogP contribution is 2.57. The first-order chi connectivity index (χ1) is 13.5. The van der Waals surface area contributed by atoms with E-state index in [1.54, 1.807) is 13.2 Å². The van der Waals surface area contributed by atoms with E-state index < -0.39 is 11.3 Å². The summed E-state index contributed by atoms with van der Waals surface area (Å²) in [6, 6.07) is 9.95. The molecule has 0 fully saturated rings. The quantitative estimate of drug-likeness (QED) is 0.759. The van der Waals surface area contributed by atoms with Crippen LogP contribution in [0.4, 0.5) is 0 Å². The molecule has 142 valence electrons. The van der Waals surface area contributed by atoms with Crippen LogP contribution in [0.3, 0.4) is 0 Å². The van der Waals surface area contributed by atoms with E-state index >= 15 is 0 Å². The summed E-state index contributed by atoms with van der Waals surface area (Å²) in [5.74, 6) is 0.349. The van der Waals surface area contributed by atoms with Crippen molar-refractivity contribution in [2.45, 2.75) is 25.2 Å². The molecule has 2 atom stereocenters. The van der Waals surface area contributed by atoms with Gasteiger partial charge in [-0.05, 0) is 52.7 Å². The maximum absolute atomic E-state index is 10.1. The van der Waals surface area contributed by atoms with E-state index in [4.69, 9.17) is 15.2 Å². The van der Waals surface area contributed by atoms with Crippen molar-refractivity contribution in [3.05, 3.63) is 45.1 Å². The monoisotopic (exact) mass is 438 g/mol. The van der Waals surface area contributed by atoms with Crippen LogP contribution in [0.25, 0.3) is 0 Å². The lowest BCUT2D eigenvalue weighted by atomic mass is 9.56. The lowest BCUT2D eigenvalue weighted by Crippen LogP contribution is -2.42. The minimum absolute atomic E-state index is 0.0170. The van der Waals surface area contributed by atoms with E-state index in [2.05, 4.69) is 34.1 Å². The highest BCUT2D eigenvalue weighted by molar-refractivity contribution is 9.10. The maximum Gasteiger partial charge on any atom is 0.191 e. The zero-order valence-electron chi connectivity index (χ0n) is 15.6. The second-order valence-corrected chi connectivity index (χ2v) is 7.69.